The molecule has 0 atom stereocenters. The third kappa shape index (κ3) is 14.0. The van der Waals surface area contributed by atoms with Crippen LogP contribution in [0.15, 0.2) is 97.1 Å². The summed E-state index contributed by atoms with van der Waals surface area (Å²) in [5, 5.41) is 23.3. The molecule has 0 fully saturated rings. The number of nitrogens with one attached hydrogen (secondary N) is 1. The fourth-order valence-corrected chi connectivity index (χ4v) is 3.42. The summed E-state index contributed by atoms with van der Waals surface area (Å²) in [7, 11) is 0. The number of anilines is 2. The zero-order chi connectivity index (χ0) is 30.4. The normalized spacial score (nSPS) is 9.31. The predicted molar refractivity (Wildman–Crippen MR) is 177 cm³/mol. The van der Waals surface area contributed by atoms with E-state index in [9.17, 15) is 29.8 Å². The second kappa shape index (κ2) is 18.4. The van der Waals surface area contributed by atoms with Crippen molar-refractivity contribution >= 4 is 91.1 Å². The summed E-state index contributed by atoms with van der Waals surface area (Å²) < 4.78 is 11.7. The standard InChI is InChI=1S/C13H9IN2O4.C7H4ClNO4.C6H6IN.CH4/c14-9-1-3-10(4-2-9)15-13(17)20-12-7-5-11(6-8-12)16(18)19;8-7(10)13-6-3-1-5(2-4-6)9(11)12;7-5-1-3-6(8)4-2-5;/h1-8H,(H,15,17);1-4H;1-4H,8H2;1H4. The molecule has 0 spiro atoms. The molecular formula is C27H23ClI2N4O8. The molecule has 15 heteroatoms. The van der Waals surface area contributed by atoms with Crippen molar-refractivity contribution in [3.8, 4) is 11.5 Å². The topological polar surface area (TPSA) is 177 Å². The SMILES string of the molecule is C.Nc1ccc(I)cc1.O=C(Cl)Oc1ccc([N+](=O)[O-])cc1.O=C(Nc1ccc(I)cc1)Oc1ccc([N+](=O)[O-])cc1. The molecule has 0 aliphatic carbocycles. The van der Waals surface area contributed by atoms with E-state index >= 15 is 0 Å². The van der Waals surface area contributed by atoms with Crippen LogP contribution < -0.4 is 20.5 Å². The number of nitrogen functional groups attached to an aromatic ring is 1. The molecule has 0 saturated carbocycles. The van der Waals surface area contributed by atoms with E-state index in [1.807, 2.05) is 36.4 Å². The van der Waals surface area contributed by atoms with Gasteiger partial charge in [-0.05, 0) is 118 Å². The Morgan fingerprint density at radius 3 is 1.43 bits per heavy atom. The Morgan fingerprint density at radius 2 is 1.07 bits per heavy atom. The lowest BCUT2D eigenvalue weighted by molar-refractivity contribution is -0.385. The van der Waals surface area contributed by atoms with E-state index in [2.05, 4.69) is 55.2 Å². The number of amides is 1. The first-order chi connectivity index (χ1) is 19.4. The van der Waals surface area contributed by atoms with Crippen LogP contribution >= 0.6 is 56.8 Å². The molecule has 12 nitrogen and oxygen atoms in total. The van der Waals surface area contributed by atoms with Crippen molar-refractivity contribution in [2.75, 3.05) is 11.1 Å². The molecule has 0 bridgehead atoms. The third-order valence-electron chi connectivity index (χ3n) is 4.46. The molecule has 4 aromatic rings. The Balaban J connectivity index is 0.000000344. The van der Waals surface area contributed by atoms with Crippen LogP contribution in [-0.4, -0.2) is 21.4 Å². The van der Waals surface area contributed by atoms with E-state index in [4.69, 9.17) is 22.1 Å². The maximum Gasteiger partial charge on any atom is 0.417 e. The molecule has 0 aromatic heterocycles. The van der Waals surface area contributed by atoms with Gasteiger partial charge in [0, 0.05) is 54.4 Å². The van der Waals surface area contributed by atoms with Crippen molar-refractivity contribution < 1.29 is 28.9 Å². The lowest BCUT2D eigenvalue weighted by atomic mass is 10.3. The second-order valence-corrected chi connectivity index (χ2v) is 10.2. The number of non-ortho nitro benzene ring substituents is 2. The van der Waals surface area contributed by atoms with Crippen molar-refractivity contribution in [3.63, 3.8) is 0 Å². The van der Waals surface area contributed by atoms with Crippen LogP contribution in [0, 0.1) is 27.4 Å². The minimum Gasteiger partial charge on any atom is -0.414 e. The number of nitrogens with two attached hydrogens (primary N) is 1. The summed E-state index contributed by atoms with van der Waals surface area (Å²) in [6, 6.07) is 25.2. The zero-order valence-corrected chi connectivity index (χ0v) is 25.7. The lowest BCUT2D eigenvalue weighted by Crippen LogP contribution is -2.16. The van der Waals surface area contributed by atoms with Crippen LogP contribution in [0.3, 0.4) is 0 Å². The fourth-order valence-electron chi connectivity index (χ4n) is 2.61. The number of hydrogen-bond acceptors (Lipinski definition) is 9. The smallest absolute Gasteiger partial charge is 0.414 e. The summed E-state index contributed by atoms with van der Waals surface area (Å²) >= 11 is 9.32. The predicted octanol–water partition coefficient (Wildman–Crippen LogP) is 8.65. The summed E-state index contributed by atoms with van der Waals surface area (Å²) in [6.07, 6.45) is -0.653. The molecule has 3 N–H and O–H groups in total. The van der Waals surface area contributed by atoms with Gasteiger partial charge in [0.15, 0.2) is 0 Å². The van der Waals surface area contributed by atoms with Gasteiger partial charge in [-0.25, -0.2) is 9.59 Å². The highest BCUT2D eigenvalue weighted by Gasteiger charge is 2.08. The van der Waals surface area contributed by atoms with Gasteiger partial charge in [-0.2, -0.15) is 0 Å². The number of carbonyl (C=O) groups is 2. The van der Waals surface area contributed by atoms with Crippen LogP contribution in [0.2, 0.25) is 0 Å². The Hall–Kier alpha value is -4.03. The minimum absolute atomic E-state index is 0. The van der Waals surface area contributed by atoms with Gasteiger partial charge < -0.3 is 15.2 Å². The maximum absolute atomic E-state index is 11.6. The van der Waals surface area contributed by atoms with Crippen molar-refractivity contribution in [1.82, 2.24) is 0 Å². The lowest BCUT2D eigenvalue weighted by Gasteiger charge is -2.06. The quantitative estimate of drug-likeness (QED) is 0.0656. The Morgan fingerprint density at radius 1 is 0.690 bits per heavy atom. The molecule has 0 radical (unpaired) electrons. The van der Waals surface area contributed by atoms with Crippen LogP contribution in [0.1, 0.15) is 7.43 Å². The number of nitro benzene ring substituents is 2. The fraction of sp³-hybridized carbons (Fsp3) is 0.0370. The molecule has 0 aliphatic heterocycles. The Kier molecular flexibility index (Phi) is 15.8. The van der Waals surface area contributed by atoms with Gasteiger partial charge in [-0.15, -0.1) is 0 Å². The van der Waals surface area contributed by atoms with Gasteiger partial charge in [-0.3, -0.25) is 25.5 Å². The molecule has 220 valence electrons. The Labute approximate surface area is 272 Å². The minimum atomic E-state index is -0.978. The van der Waals surface area contributed by atoms with E-state index in [0.29, 0.717) is 5.69 Å². The van der Waals surface area contributed by atoms with Gasteiger partial charge >= 0.3 is 11.5 Å². The molecule has 0 aliphatic rings. The molecule has 4 rings (SSSR count). The zero-order valence-electron chi connectivity index (χ0n) is 20.6. The van der Waals surface area contributed by atoms with Crippen molar-refractivity contribution in [2.24, 2.45) is 0 Å². The monoisotopic (exact) mass is 820 g/mol. The van der Waals surface area contributed by atoms with Crippen LogP contribution in [-0.2, 0) is 0 Å². The number of hydrogen-bond donors (Lipinski definition) is 2. The molecule has 42 heavy (non-hydrogen) atoms. The number of nitro groups is 2. The number of halogens is 3. The average molecular weight is 821 g/mol. The summed E-state index contributed by atoms with van der Waals surface area (Å²) in [5.74, 6) is 0.407. The number of carbonyl (C=O) groups excluding carboxylic acids is 2. The highest BCUT2D eigenvalue weighted by molar-refractivity contribution is 14.1. The number of rotatable bonds is 5. The van der Waals surface area contributed by atoms with Gasteiger partial charge in [0.1, 0.15) is 11.5 Å². The molecular weight excluding hydrogens is 798 g/mol. The van der Waals surface area contributed by atoms with Crippen molar-refractivity contribution in [2.45, 2.75) is 7.43 Å². The number of nitrogens with zero attached hydrogens (tertiary/aromatic N) is 2. The van der Waals surface area contributed by atoms with Crippen LogP contribution in [0.4, 0.5) is 32.3 Å². The van der Waals surface area contributed by atoms with Gasteiger partial charge in [0.2, 0.25) is 0 Å². The van der Waals surface area contributed by atoms with Crippen LogP contribution in [0.5, 0.6) is 11.5 Å². The number of ether oxygens (including phenoxy) is 2. The third-order valence-corrected chi connectivity index (χ3v) is 5.98. The summed E-state index contributed by atoms with van der Waals surface area (Å²) in [4.78, 5) is 41.5. The molecule has 0 saturated heterocycles. The number of benzene rings is 4. The summed E-state index contributed by atoms with van der Waals surface area (Å²) in [6.45, 7) is 0. The average Bonchev–Trinajstić information content (AvgIpc) is 2.92. The van der Waals surface area contributed by atoms with Gasteiger partial charge in [0.05, 0.1) is 9.85 Å². The van der Waals surface area contributed by atoms with E-state index in [1.165, 1.54) is 52.1 Å². The first-order valence-electron chi connectivity index (χ1n) is 11.0. The first-order valence-corrected chi connectivity index (χ1v) is 13.6. The first kappa shape index (κ1) is 36.0. The molecule has 0 heterocycles. The molecule has 0 unspecified atom stereocenters. The Bertz CT molecular complexity index is 1450. The second-order valence-electron chi connectivity index (χ2n) is 7.41. The van der Waals surface area contributed by atoms with Gasteiger partial charge in [-0.1, -0.05) is 7.43 Å². The highest BCUT2D eigenvalue weighted by Crippen LogP contribution is 2.19. The molecule has 4 aromatic carbocycles. The van der Waals surface area contributed by atoms with E-state index < -0.39 is 21.4 Å². The summed E-state index contributed by atoms with van der Waals surface area (Å²) in [5.41, 5.74) is 5.74. The van der Waals surface area contributed by atoms with E-state index in [-0.39, 0.29) is 30.3 Å². The largest absolute Gasteiger partial charge is 0.417 e. The molecule has 1 amide bonds. The van der Waals surface area contributed by atoms with E-state index in [1.54, 1.807) is 12.1 Å². The van der Waals surface area contributed by atoms with E-state index in [0.717, 1.165) is 9.26 Å². The van der Waals surface area contributed by atoms with Crippen molar-refractivity contribution in [1.29, 1.82) is 0 Å². The van der Waals surface area contributed by atoms with Gasteiger partial charge in [0.25, 0.3) is 11.4 Å². The highest BCUT2D eigenvalue weighted by atomic mass is 127. The van der Waals surface area contributed by atoms with Crippen molar-refractivity contribution in [3.05, 3.63) is 124 Å². The van der Waals surface area contributed by atoms with Crippen LogP contribution in [0.25, 0.3) is 0 Å². The maximum atomic E-state index is 11.6.